The van der Waals surface area contributed by atoms with Gasteiger partial charge in [0.15, 0.2) is 0 Å². The van der Waals surface area contributed by atoms with E-state index in [2.05, 4.69) is 31.1 Å². The molecular weight excluding hydrogens is 267 g/mol. The summed E-state index contributed by atoms with van der Waals surface area (Å²) >= 11 is 0. The number of pyridine rings is 1. The second-order valence-electron chi connectivity index (χ2n) is 6.10. The van der Waals surface area contributed by atoms with Gasteiger partial charge in [0.2, 0.25) is 0 Å². The van der Waals surface area contributed by atoms with Crippen LogP contribution in [0.1, 0.15) is 31.9 Å². The Morgan fingerprint density at radius 2 is 1.95 bits per heavy atom. The smallest absolute Gasteiger partial charge is 0.150 e. The Balaban J connectivity index is 2.20. The van der Waals surface area contributed by atoms with Crippen molar-refractivity contribution in [1.82, 2.24) is 10.3 Å². The lowest BCUT2D eigenvalue weighted by Gasteiger charge is -2.21. The highest BCUT2D eigenvalue weighted by atomic mass is 19.1. The van der Waals surface area contributed by atoms with Crippen molar-refractivity contribution in [2.75, 3.05) is 0 Å². The number of halogens is 1. The van der Waals surface area contributed by atoms with E-state index in [0.717, 1.165) is 11.1 Å². The van der Waals surface area contributed by atoms with E-state index in [4.69, 9.17) is 4.74 Å². The van der Waals surface area contributed by atoms with Gasteiger partial charge in [0, 0.05) is 23.8 Å². The van der Waals surface area contributed by atoms with Crippen molar-refractivity contribution in [1.29, 1.82) is 0 Å². The molecule has 0 saturated carbocycles. The van der Waals surface area contributed by atoms with Gasteiger partial charge in [0.1, 0.15) is 17.3 Å². The summed E-state index contributed by atoms with van der Waals surface area (Å²) < 4.78 is 19.0. The highest BCUT2D eigenvalue weighted by molar-refractivity contribution is 5.39. The van der Waals surface area contributed by atoms with Crippen LogP contribution < -0.4 is 10.1 Å². The zero-order valence-corrected chi connectivity index (χ0v) is 12.9. The molecule has 21 heavy (non-hydrogen) atoms. The Labute approximate surface area is 125 Å². The molecular formula is C17H21FN2O. The first-order valence-electron chi connectivity index (χ1n) is 6.97. The first-order valence-corrected chi connectivity index (χ1v) is 6.97. The SMILES string of the molecule is Cc1cc(F)ccc1Oc1cnccc1CNC(C)(C)C. The Morgan fingerprint density at radius 3 is 2.62 bits per heavy atom. The van der Waals surface area contributed by atoms with Crippen LogP contribution >= 0.6 is 0 Å². The average molecular weight is 288 g/mol. The number of aromatic nitrogens is 1. The Morgan fingerprint density at radius 1 is 1.19 bits per heavy atom. The monoisotopic (exact) mass is 288 g/mol. The van der Waals surface area contributed by atoms with Crippen LogP contribution in [0.25, 0.3) is 0 Å². The van der Waals surface area contributed by atoms with Gasteiger partial charge >= 0.3 is 0 Å². The molecule has 1 N–H and O–H groups in total. The lowest BCUT2D eigenvalue weighted by Crippen LogP contribution is -2.35. The first kappa shape index (κ1) is 15.4. The van der Waals surface area contributed by atoms with Gasteiger partial charge in [0.05, 0.1) is 6.20 Å². The molecule has 0 fully saturated rings. The van der Waals surface area contributed by atoms with Crippen LogP contribution in [0.2, 0.25) is 0 Å². The summed E-state index contributed by atoms with van der Waals surface area (Å²) in [5, 5.41) is 3.42. The number of nitrogens with zero attached hydrogens (tertiary/aromatic N) is 1. The van der Waals surface area contributed by atoms with Gasteiger partial charge in [-0.15, -0.1) is 0 Å². The molecule has 0 spiro atoms. The minimum absolute atomic E-state index is 0.0202. The lowest BCUT2D eigenvalue weighted by molar-refractivity contribution is 0.413. The maximum absolute atomic E-state index is 13.1. The van der Waals surface area contributed by atoms with Gasteiger partial charge in [-0.25, -0.2) is 4.39 Å². The van der Waals surface area contributed by atoms with E-state index in [1.54, 1.807) is 18.5 Å². The maximum Gasteiger partial charge on any atom is 0.150 e. The predicted molar refractivity (Wildman–Crippen MR) is 82.0 cm³/mol. The normalized spacial score (nSPS) is 11.5. The Bertz CT molecular complexity index is 620. The van der Waals surface area contributed by atoms with E-state index in [0.29, 0.717) is 18.0 Å². The molecule has 0 saturated heterocycles. The molecule has 1 aromatic carbocycles. The van der Waals surface area contributed by atoms with Gasteiger partial charge in [-0.1, -0.05) is 0 Å². The molecule has 0 aliphatic carbocycles. The summed E-state index contributed by atoms with van der Waals surface area (Å²) in [6, 6.07) is 6.41. The molecule has 4 heteroatoms. The van der Waals surface area contributed by atoms with E-state index in [1.165, 1.54) is 12.1 Å². The van der Waals surface area contributed by atoms with Gasteiger partial charge in [-0.05, 0) is 57.5 Å². The van der Waals surface area contributed by atoms with E-state index < -0.39 is 0 Å². The number of aryl methyl sites for hydroxylation is 1. The molecule has 2 aromatic rings. The summed E-state index contributed by atoms with van der Waals surface area (Å²) in [5.74, 6) is 1.06. The van der Waals surface area contributed by atoms with Crippen LogP contribution in [0.5, 0.6) is 11.5 Å². The number of hydrogen-bond donors (Lipinski definition) is 1. The molecule has 1 aromatic heterocycles. The number of ether oxygens (including phenoxy) is 1. The number of hydrogen-bond acceptors (Lipinski definition) is 3. The summed E-state index contributed by atoms with van der Waals surface area (Å²) in [6.45, 7) is 8.83. The van der Waals surface area contributed by atoms with Crippen LogP contribution in [-0.4, -0.2) is 10.5 Å². The largest absolute Gasteiger partial charge is 0.455 e. The van der Waals surface area contributed by atoms with Crippen molar-refractivity contribution in [3.05, 3.63) is 53.6 Å². The van der Waals surface area contributed by atoms with E-state index in [1.807, 2.05) is 13.0 Å². The molecule has 1 heterocycles. The third-order valence-corrected chi connectivity index (χ3v) is 3.04. The second-order valence-corrected chi connectivity index (χ2v) is 6.10. The van der Waals surface area contributed by atoms with Crippen LogP contribution in [0.4, 0.5) is 4.39 Å². The average Bonchev–Trinajstić information content (AvgIpc) is 2.40. The van der Waals surface area contributed by atoms with E-state index >= 15 is 0 Å². The zero-order valence-electron chi connectivity index (χ0n) is 12.9. The van der Waals surface area contributed by atoms with Crippen molar-refractivity contribution in [3.63, 3.8) is 0 Å². The van der Waals surface area contributed by atoms with Crippen molar-refractivity contribution in [3.8, 4) is 11.5 Å². The summed E-state index contributed by atoms with van der Waals surface area (Å²) in [6.07, 6.45) is 3.42. The van der Waals surface area contributed by atoms with Gasteiger partial charge in [-0.3, -0.25) is 4.98 Å². The van der Waals surface area contributed by atoms with E-state index in [-0.39, 0.29) is 11.4 Å². The van der Waals surface area contributed by atoms with Crippen LogP contribution in [-0.2, 0) is 6.54 Å². The predicted octanol–water partition coefficient (Wildman–Crippen LogP) is 4.21. The van der Waals surface area contributed by atoms with Crippen molar-refractivity contribution in [2.24, 2.45) is 0 Å². The Kier molecular flexibility index (Phi) is 4.58. The highest BCUT2D eigenvalue weighted by Crippen LogP contribution is 2.27. The summed E-state index contributed by atoms with van der Waals surface area (Å²) in [4.78, 5) is 4.11. The molecule has 0 amide bonds. The molecule has 0 aliphatic heterocycles. The highest BCUT2D eigenvalue weighted by Gasteiger charge is 2.12. The van der Waals surface area contributed by atoms with E-state index in [9.17, 15) is 4.39 Å². The minimum atomic E-state index is -0.263. The summed E-state index contributed by atoms with van der Waals surface area (Å²) in [7, 11) is 0. The zero-order chi connectivity index (χ0) is 15.5. The van der Waals surface area contributed by atoms with Crippen LogP contribution in [0.3, 0.4) is 0 Å². The summed E-state index contributed by atoms with van der Waals surface area (Å²) in [5.41, 5.74) is 1.80. The maximum atomic E-state index is 13.1. The molecule has 0 radical (unpaired) electrons. The molecule has 0 bridgehead atoms. The minimum Gasteiger partial charge on any atom is -0.455 e. The molecule has 112 valence electrons. The van der Waals surface area contributed by atoms with Gasteiger partial charge in [0.25, 0.3) is 0 Å². The topological polar surface area (TPSA) is 34.1 Å². The fourth-order valence-corrected chi connectivity index (χ4v) is 1.85. The van der Waals surface area contributed by atoms with Crippen molar-refractivity contribution >= 4 is 0 Å². The van der Waals surface area contributed by atoms with Crippen LogP contribution in [0.15, 0.2) is 36.7 Å². The number of benzene rings is 1. The molecule has 2 rings (SSSR count). The molecule has 0 aliphatic rings. The quantitative estimate of drug-likeness (QED) is 0.915. The van der Waals surface area contributed by atoms with Gasteiger partial charge in [-0.2, -0.15) is 0 Å². The molecule has 0 atom stereocenters. The first-order chi connectivity index (χ1) is 9.85. The number of nitrogens with one attached hydrogen (secondary N) is 1. The molecule has 3 nitrogen and oxygen atoms in total. The lowest BCUT2D eigenvalue weighted by atomic mass is 10.1. The third kappa shape index (κ3) is 4.53. The molecule has 0 unspecified atom stereocenters. The van der Waals surface area contributed by atoms with Crippen LogP contribution in [0, 0.1) is 12.7 Å². The van der Waals surface area contributed by atoms with Crippen molar-refractivity contribution in [2.45, 2.75) is 39.8 Å². The number of rotatable bonds is 4. The Hall–Kier alpha value is -1.94. The third-order valence-electron chi connectivity index (χ3n) is 3.04. The van der Waals surface area contributed by atoms with Gasteiger partial charge < -0.3 is 10.1 Å². The fourth-order valence-electron chi connectivity index (χ4n) is 1.85. The second kappa shape index (κ2) is 6.22. The van der Waals surface area contributed by atoms with Crippen molar-refractivity contribution < 1.29 is 9.13 Å². The fraction of sp³-hybridized carbons (Fsp3) is 0.353. The standard InChI is InChI=1S/C17H21FN2O/c1-12-9-14(18)5-6-15(12)21-16-11-19-8-7-13(16)10-20-17(2,3)4/h5-9,11,20H,10H2,1-4H3.